The molecule has 1 heterocycles. The standard InChI is InChI=1S/C23H25NO3S2/c1-3-5-13-27-19-12-11-18(14-20(19)26-4-2)15-21-22(25)24(23(28)29-21)16-17-9-7-6-8-10-17/h6-12,14-15H,3-5,13,16H2,1-2H3/b21-15+. The van der Waals surface area contributed by atoms with Crippen molar-refractivity contribution in [3.63, 3.8) is 0 Å². The van der Waals surface area contributed by atoms with Crippen LogP contribution in [0.2, 0.25) is 0 Å². The molecule has 1 aliphatic rings. The summed E-state index contributed by atoms with van der Waals surface area (Å²) < 4.78 is 12.1. The van der Waals surface area contributed by atoms with E-state index < -0.39 is 0 Å². The molecule has 2 aromatic rings. The van der Waals surface area contributed by atoms with Crippen molar-refractivity contribution in [2.45, 2.75) is 33.2 Å². The second-order valence-corrected chi connectivity index (χ2v) is 8.27. The van der Waals surface area contributed by atoms with E-state index in [9.17, 15) is 4.79 Å². The molecule has 152 valence electrons. The highest BCUT2D eigenvalue weighted by Crippen LogP contribution is 2.35. The number of amides is 1. The SMILES string of the molecule is CCCCOc1ccc(/C=C2/SC(=S)N(Cc3ccccc3)C2=O)cc1OCC. The van der Waals surface area contributed by atoms with Crippen LogP contribution in [-0.4, -0.2) is 28.3 Å². The van der Waals surface area contributed by atoms with Gasteiger partial charge in [0.1, 0.15) is 4.32 Å². The Balaban J connectivity index is 1.77. The first-order valence-electron chi connectivity index (χ1n) is 9.81. The van der Waals surface area contributed by atoms with Crippen LogP contribution in [0, 0.1) is 0 Å². The quantitative estimate of drug-likeness (QED) is 0.293. The third-order valence-corrected chi connectivity index (χ3v) is 5.76. The molecule has 0 saturated carbocycles. The lowest BCUT2D eigenvalue weighted by Gasteiger charge is -2.14. The first-order chi connectivity index (χ1) is 14.1. The fourth-order valence-corrected chi connectivity index (χ4v) is 4.14. The minimum absolute atomic E-state index is 0.0647. The number of rotatable bonds is 9. The molecule has 0 aliphatic carbocycles. The van der Waals surface area contributed by atoms with Crippen LogP contribution in [0.15, 0.2) is 53.4 Å². The van der Waals surface area contributed by atoms with Crippen molar-refractivity contribution in [2.75, 3.05) is 13.2 Å². The maximum absolute atomic E-state index is 12.9. The molecule has 0 aromatic heterocycles. The number of thioether (sulfide) groups is 1. The number of ether oxygens (including phenoxy) is 2. The van der Waals surface area contributed by atoms with Gasteiger partial charge in [0.15, 0.2) is 11.5 Å². The number of hydrogen-bond acceptors (Lipinski definition) is 5. The fraction of sp³-hybridized carbons (Fsp3) is 0.304. The van der Waals surface area contributed by atoms with Gasteiger partial charge < -0.3 is 9.47 Å². The Kier molecular flexibility index (Phi) is 7.72. The molecule has 4 nitrogen and oxygen atoms in total. The second-order valence-electron chi connectivity index (χ2n) is 6.59. The van der Waals surface area contributed by atoms with Crippen molar-refractivity contribution in [3.8, 4) is 11.5 Å². The summed E-state index contributed by atoms with van der Waals surface area (Å²) in [5.74, 6) is 1.36. The first kappa shape index (κ1) is 21.4. The smallest absolute Gasteiger partial charge is 0.266 e. The lowest BCUT2D eigenvalue weighted by atomic mass is 10.1. The Labute approximate surface area is 181 Å². The number of benzene rings is 2. The number of carbonyl (C=O) groups excluding carboxylic acids is 1. The van der Waals surface area contributed by atoms with E-state index in [1.165, 1.54) is 11.8 Å². The van der Waals surface area contributed by atoms with E-state index in [1.54, 1.807) is 4.90 Å². The highest BCUT2D eigenvalue weighted by molar-refractivity contribution is 8.26. The lowest BCUT2D eigenvalue weighted by molar-refractivity contribution is -0.122. The highest BCUT2D eigenvalue weighted by atomic mass is 32.2. The van der Waals surface area contributed by atoms with Crippen LogP contribution in [-0.2, 0) is 11.3 Å². The second kappa shape index (κ2) is 10.5. The van der Waals surface area contributed by atoms with E-state index in [1.807, 2.05) is 61.5 Å². The molecule has 1 fully saturated rings. The molecule has 6 heteroatoms. The minimum Gasteiger partial charge on any atom is -0.490 e. The predicted octanol–water partition coefficient (Wildman–Crippen LogP) is 5.67. The predicted molar refractivity (Wildman–Crippen MR) is 123 cm³/mol. The number of hydrogen-bond donors (Lipinski definition) is 0. The molecule has 0 N–H and O–H groups in total. The van der Waals surface area contributed by atoms with Crippen LogP contribution in [0.1, 0.15) is 37.8 Å². The fourth-order valence-electron chi connectivity index (χ4n) is 2.88. The van der Waals surface area contributed by atoms with Gasteiger partial charge in [-0.3, -0.25) is 9.69 Å². The Morgan fingerprint density at radius 1 is 1.07 bits per heavy atom. The van der Waals surface area contributed by atoms with Gasteiger partial charge in [0.25, 0.3) is 5.91 Å². The highest BCUT2D eigenvalue weighted by Gasteiger charge is 2.32. The molecule has 2 aromatic carbocycles. The van der Waals surface area contributed by atoms with Crippen LogP contribution in [0.25, 0.3) is 6.08 Å². The summed E-state index contributed by atoms with van der Waals surface area (Å²) in [6, 6.07) is 15.6. The zero-order chi connectivity index (χ0) is 20.6. The zero-order valence-electron chi connectivity index (χ0n) is 16.7. The van der Waals surface area contributed by atoms with Crippen molar-refractivity contribution < 1.29 is 14.3 Å². The van der Waals surface area contributed by atoms with Crippen LogP contribution < -0.4 is 9.47 Å². The van der Waals surface area contributed by atoms with E-state index in [-0.39, 0.29) is 5.91 Å². The maximum Gasteiger partial charge on any atom is 0.266 e. The van der Waals surface area contributed by atoms with Crippen LogP contribution in [0.4, 0.5) is 0 Å². The number of unbranched alkanes of at least 4 members (excludes halogenated alkanes) is 1. The first-order valence-corrected chi connectivity index (χ1v) is 11.0. The van der Waals surface area contributed by atoms with Gasteiger partial charge in [-0.25, -0.2) is 0 Å². The third-order valence-electron chi connectivity index (χ3n) is 4.38. The summed E-state index contributed by atoms with van der Waals surface area (Å²) in [6.07, 6.45) is 3.94. The molecule has 0 radical (unpaired) electrons. The molecule has 0 atom stereocenters. The Morgan fingerprint density at radius 3 is 2.59 bits per heavy atom. The van der Waals surface area contributed by atoms with E-state index in [0.717, 1.165) is 29.7 Å². The molecule has 1 amide bonds. The van der Waals surface area contributed by atoms with E-state index >= 15 is 0 Å². The van der Waals surface area contributed by atoms with E-state index in [0.29, 0.717) is 34.7 Å². The van der Waals surface area contributed by atoms with Gasteiger partial charge in [0.05, 0.1) is 24.7 Å². The Hall–Kier alpha value is -2.31. The van der Waals surface area contributed by atoms with Crippen LogP contribution in [0.5, 0.6) is 11.5 Å². The summed E-state index contributed by atoms with van der Waals surface area (Å²) in [7, 11) is 0. The average molecular weight is 428 g/mol. The Bertz CT molecular complexity index is 896. The molecular formula is C23H25NO3S2. The number of thiocarbonyl (C=S) groups is 1. The summed E-state index contributed by atoms with van der Waals surface area (Å²) in [5, 5.41) is 0. The summed E-state index contributed by atoms with van der Waals surface area (Å²) in [6.45, 7) is 5.76. The lowest BCUT2D eigenvalue weighted by Crippen LogP contribution is -2.27. The van der Waals surface area contributed by atoms with Gasteiger partial charge in [-0.2, -0.15) is 0 Å². The van der Waals surface area contributed by atoms with Crippen molar-refractivity contribution in [1.29, 1.82) is 0 Å². The van der Waals surface area contributed by atoms with E-state index in [2.05, 4.69) is 6.92 Å². The van der Waals surface area contributed by atoms with Crippen molar-refractivity contribution in [3.05, 3.63) is 64.6 Å². The summed E-state index contributed by atoms with van der Waals surface area (Å²) >= 11 is 6.77. The zero-order valence-corrected chi connectivity index (χ0v) is 18.4. The molecule has 0 spiro atoms. The van der Waals surface area contributed by atoms with Crippen molar-refractivity contribution in [1.82, 2.24) is 4.90 Å². The van der Waals surface area contributed by atoms with Gasteiger partial charge >= 0.3 is 0 Å². The monoisotopic (exact) mass is 427 g/mol. The normalized spacial score (nSPS) is 15.2. The Morgan fingerprint density at radius 2 is 1.86 bits per heavy atom. The summed E-state index contributed by atoms with van der Waals surface area (Å²) in [4.78, 5) is 15.1. The van der Waals surface area contributed by atoms with Gasteiger partial charge in [-0.1, -0.05) is 73.7 Å². The molecular weight excluding hydrogens is 402 g/mol. The van der Waals surface area contributed by atoms with Gasteiger partial charge in [-0.15, -0.1) is 0 Å². The number of nitrogens with zero attached hydrogens (tertiary/aromatic N) is 1. The van der Waals surface area contributed by atoms with Gasteiger partial charge in [0.2, 0.25) is 0 Å². The maximum atomic E-state index is 12.9. The largest absolute Gasteiger partial charge is 0.490 e. The molecule has 1 saturated heterocycles. The number of carbonyl (C=O) groups is 1. The molecule has 3 rings (SSSR count). The topological polar surface area (TPSA) is 38.8 Å². The van der Waals surface area contributed by atoms with Crippen molar-refractivity contribution >= 4 is 40.3 Å². The summed E-state index contributed by atoms with van der Waals surface area (Å²) in [5.41, 5.74) is 1.94. The van der Waals surface area contributed by atoms with E-state index in [4.69, 9.17) is 21.7 Å². The van der Waals surface area contributed by atoms with Gasteiger partial charge in [-0.05, 0) is 42.7 Å². The molecule has 1 aliphatic heterocycles. The van der Waals surface area contributed by atoms with Crippen LogP contribution >= 0.6 is 24.0 Å². The molecule has 0 bridgehead atoms. The van der Waals surface area contributed by atoms with Crippen molar-refractivity contribution in [2.24, 2.45) is 0 Å². The third kappa shape index (κ3) is 5.61. The molecule has 0 unspecified atom stereocenters. The van der Waals surface area contributed by atoms with Crippen LogP contribution in [0.3, 0.4) is 0 Å². The average Bonchev–Trinajstić information content (AvgIpc) is 2.98. The van der Waals surface area contributed by atoms with Gasteiger partial charge in [0, 0.05) is 0 Å². The minimum atomic E-state index is -0.0647. The molecule has 29 heavy (non-hydrogen) atoms.